The third-order valence-corrected chi connectivity index (χ3v) is 4.56. The summed E-state index contributed by atoms with van der Waals surface area (Å²) in [6, 6.07) is 6.04. The maximum absolute atomic E-state index is 11.6. The number of methoxy groups -OCH3 is 1. The lowest BCUT2D eigenvalue weighted by Crippen LogP contribution is -2.26. The molecular weight excluding hydrogens is 290 g/mol. The largest absolute Gasteiger partial charge is 0.535 e. The van der Waals surface area contributed by atoms with Crippen LogP contribution in [0.1, 0.15) is 0 Å². The maximum atomic E-state index is 11.6. The van der Waals surface area contributed by atoms with Gasteiger partial charge in [-0.25, -0.2) is 4.79 Å². The molecule has 114 valence electrons. The highest BCUT2D eigenvalue weighted by Crippen LogP contribution is 2.17. The molecule has 0 N–H and O–H groups in total. The van der Waals surface area contributed by atoms with E-state index in [0.29, 0.717) is 23.4 Å². The number of hydrogen-bond acceptors (Lipinski definition) is 6. The van der Waals surface area contributed by atoms with Crippen molar-refractivity contribution in [1.82, 2.24) is 15.2 Å². The third-order valence-electron chi connectivity index (χ3n) is 2.86. The fraction of sp³-hybridized carbons (Fsp3) is 0.462. The van der Waals surface area contributed by atoms with Crippen LogP contribution in [0.4, 0.5) is 4.79 Å². The summed E-state index contributed by atoms with van der Waals surface area (Å²) in [5.74, 6) is 0.660. The van der Waals surface area contributed by atoms with Crippen LogP contribution in [0.5, 0.6) is 5.75 Å². The first-order valence-electron chi connectivity index (χ1n) is 6.63. The molecule has 1 aromatic heterocycles. The van der Waals surface area contributed by atoms with Gasteiger partial charge in [-0.15, -0.1) is 5.10 Å². The third kappa shape index (κ3) is 4.18. The van der Waals surface area contributed by atoms with Gasteiger partial charge in [0.05, 0.1) is 13.7 Å². The van der Waals surface area contributed by atoms with Crippen LogP contribution < -0.4 is 9.57 Å². The molecule has 0 atom stereocenters. The predicted molar refractivity (Wildman–Crippen MR) is 80.2 cm³/mol. The van der Waals surface area contributed by atoms with Gasteiger partial charge in [0.25, 0.3) is 0 Å². The second kappa shape index (κ2) is 6.13. The Bertz CT molecular complexity index is 636. The highest BCUT2D eigenvalue weighted by Gasteiger charge is 2.16. The number of ether oxygens (including phenoxy) is 2. The van der Waals surface area contributed by atoms with E-state index in [0.717, 1.165) is 10.9 Å². The van der Waals surface area contributed by atoms with Gasteiger partial charge < -0.3 is 9.47 Å². The van der Waals surface area contributed by atoms with Crippen LogP contribution in [0.25, 0.3) is 11.0 Å². The summed E-state index contributed by atoms with van der Waals surface area (Å²) in [5, 5.41) is 7.67. The van der Waals surface area contributed by atoms with Crippen LogP contribution in [0.15, 0.2) is 18.2 Å². The Morgan fingerprint density at radius 1 is 1.33 bits per heavy atom. The number of benzene rings is 1. The van der Waals surface area contributed by atoms with E-state index in [9.17, 15) is 4.79 Å². The number of nitrogens with zero attached hydrogens (tertiary/aromatic N) is 3. The monoisotopic (exact) mass is 309 g/mol. The molecule has 0 bridgehead atoms. The number of fused-ring (bicyclic) bond motifs is 1. The summed E-state index contributed by atoms with van der Waals surface area (Å²) in [7, 11) is 0.329. The number of hydrogen-bond donors (Lipinski definition) is 0. The molecule has 0 unspecified atom stereocenters. The minimum Gasteiger partial charge on any atom is -0.497 e. The molecule has 2 aromatic rings. The Balaban J connectivity index is 1.98. The Morgan fingerprint density at radius 3 is 2.76 bits per heavy atom. The second-order valence-electron chi connectivity index (χ2n) is 5.82. The van der Waals surface area contributed by atoms with Crippen LogP contribution in [0, 0.1) is 0 Å². The summed E-state index contributed by atoms with van der Waals surface area (Å²) >= 11 is 0. The molecule has 0 aliphatic heterocycles. The number of aromatic nitrogens is 3. The summed E-state index contributed by atoms with van der Waals surface area (Å²) in [6.07, 6.45) is -0.782. The standard InChI is InChI=1S/C13H19N3O4Si/c1-18-10-5-6-12-11(9-10)14-15-16(12)20-13(17)19-7-8-21(2,3)4/h5-6,9H,7-8H2,1-4H3. The lowest BCUT2D eigenvalue weighted by atomic mass is 10.3. The predicted octanol–water partition coefficient (Wildman–Crippen LogP) is 2.34. The number of rotatable bonds is 5. The van der Waals surface area contributed by atoms with Crippen molar-refractivity contribution in [2.24, 2.45) is 0 Å². The van der Waals surface area contributed by atoms with Crippen molar-refractivity contribution < 1.29 is 19.1 Å². The number of carbonyl (C=O) groups is 1. The van der Waals surface area contributed by atoms with Crippen LogP contribution in [-0.2, 0) is 4.74 Å². The Kier molecular flexibility index (Phi) is 4.46. The molecule has 21 heavy (non-hydrogen) atoms. The molecule has 0 aliphatic rings. The van der Waals surface area contributed by atoms with E-state index in [1.165, 1.54) is 0 Å². The lowest BCUT2D eigenvalue weighted by molar-refractivity contribution is 0.0426. The summed E-state index contributed by atoms with van der Waals surface area (Å²) in [4.78, 5) is 17.7. The summed E-state index contributed by atoms with van der Waals surface area (Å²) in [5.41, 5.74) is 1.14. The molecule has 0 saturated heterocycles. The molecule has 1 aromatic carbocycles. The molecule has 0 aliphatic carbocycles. The van der Waals surface area contributed by atoms with Crippen molar-refractivity contribution in [3.8, 4) is 5.75 Å². The van der Waals surface area contributed by atoms with E-state index in [1.807, 2.05) is 0 Å². The first-order chi connectivity index (χ1) is 9.89. The minimum atomic E-state index is -1.24. The van der Waals surface area contributed by atoms with Gasteiger partial charge >= 0.3 is 6.16 Å². The highest BCUT2D eigenvalue weighted by molar-refractivity contribution is 6.76. The smallest absolute Gasteiger partial charge is 0.497 e. The molecule has 0 amide bonds. The van der Waals surface area contributed by atoms with Crippen LogP contribution in [0.2, 0.25) is 25.7 Å². The molecule has 0 fully saturated rings. The van der Waals surface area contributed by atoms with Crippen molar-refractivity contribution in [3.63, 3.8) is 0 Å². The van der Waals surface area contributed by atoms with E-state index >= 15 is 0 Å². The average Bonchev–Trinajstić information content (AvgIpc) is 2.79. The normalized spacial score (nSPS) is 11.4. The van der Waals surface area contributed by atoms with Gasteiger partial charge in [-0.3, -0.25) is 4.84 Å². The van der Waals surface area contributed by atoms with Gasteiger partial charge in [0.2, 0.25) is 0 Å². The SMILES string of the molecule is COc1ccc2c(c1)nnn2OC(=O)OCC[Si](C)(C)C. The molecule has 8 heteroatoms. The molecule has 7 nitrogen and oxygen atoms in total. The number of carbonyl (C=O) groups excluding carboxylic acids is 1. The molecule has 0 spiro atoms. The maximum Gasteiger partial charge on any atom is 0.535 e. The zero-order valence-corrected chi connectivity index (χ0v) is 13.6. The average molecular weight is 309 g/mol. The van der Waals surface area contributed by atoms with Gasteiger partial charge in [-0.1, -0.05) is 24.5 Å². The van der Waals surface area contributed by atoms with E-state index in [2.05, 4.69) is 30.0 Å². The van der Waals surface area contributed by atoms with Gasteiger partial charge in [-0.05, 0) is 23.4 Å². The first kappa shape index (κ1) is 15.3. The van der Waals surface area contributed by atoms with Crippen LogP contribution in [0.3, 0.4) is 0 Å². The topological polar surface area (TPSA) is 75.5 Å². The zero-order valence-electron chi connectivity index (χ0n) is 12.6. The van der Waals surface area contributed by atoms with Crippen molar-refractivity contribution in [2.45, 2.75) is 25.7 Å². The van der Waals surface area contributed by atoms with Gasteiger partial charge in [0.1, 0.15) is 16.8 Å². The summed E-state index contributed by atoms with van der Waals surface area (Å²) < 4.78 is 10.1. The van der Waals surface area contributed by atoms with E-state index in [1.54, 1.807) is 25.3 Å². The molecule has 0 saturated carbocycles. The minimum absolute atomic E-state index is 0.356. The lowest BCUT2D eigenvalue weighted by Gasteiger charge is -2.14. The fourth-order valence-electron chi connectivity index (χ4n) is 1.61. The molecule has 0 radical (unpaired) electrons. The van der Waals surface area contributed by atoms with Gasteiger partial charge in [0.15, 0.2) is 0 Å². The fourth-order valence-corrected chi connectivity index (χ4v) is 2.33. The summed E-state index contributed by atoms with van der Waals surface area (Å²) in [6.45, 7) is 6.98. The Labute approximate surface area is 123 Å². The van der Waals surface area contributed by atoms with Crippen LogP contribution in [-0.4, -0.2) is 43.1 Å². The Hall–Kier alpha value is -2.09. The highest BCUT2D eigenvalue weighted by atomic mass is 28.3. The Morgan fingerprint density at radius 2 is 2.10 bits per heavy atom. The molecule has 1 heterocycles. The zero-order chi connectivity index (χ0) is 15.5. The van der Waals surface area contributed by atoms with Crippen LogP contribution >= 0.6 is 0 Å². The van der Waals surface area contributed by atoms with Gasteiger partial charge in [-0.2, -0.15) is 0 Å². The molecule has 2 rings (SSSR count). The van der Waals surface area contributed by atoms with E-state index in [4.69, 9.17) is 14.3 Å². The second-order valence-corrected chi connectivity index (χ2v) is 11.4. The van der Waals surface area contributed by atoms with Crippen molar-refractivity contribution in [3.05, 3.63) is 18.2 Å². The van der Waals surface area contributed by atoms with E-state index in [-0.39, 0.29) is 0 Å². The van der Waals surface area contributed by atoms with E-state index < -0.39 is 14.2 Å². The van der Waals surface area contributed by atoms with Crippen molar-refractivity contribution in [2.75, 3.05) is 13.7 Å². The van der Waals surface area contributed by atoms with Gasteiger partial charge in [0, 0.05) is 14.1 Å². The van der Waals surface area contributed by atoms with Crippen molar-refractivity contribution >= 4 is 25.3 Å². The first-order valence-corrected chi connectivity index (χ1v) is 10.3. The van der Waals surface area contributed by atoms with Crippen molar-refractivity contribution in [1.29, 1.82) is 0 Å². The quantitative estimate of drug-likeness (QED) is 0.479. The molecular formula is C13H19N3O4Si.